The van der Waals surface area contributed by atoms with Crippen molar-refractivity contribution in [1.82, 2.24) is 4.98 Å². The van der Waals surface area contributed by atoms with Crippen LogP contribution in [0, 0.1) is 10.1 Å². The number of aromatic nitrogens is 1. The highest BCUT2D eigenvalue weighted by Gasteiger charge is 2.15. The molecule has 0 aliphatic rings. The van der Waals surface area contributed by atoms with Gasteiger partial charge in [-0.1, -0.05) is 35.9 Å². The van der Waals surface area contributed by atoms with Gasteiger partial charge in [0.1, 0.15) is 5.15 Å². The molecular formula is C14H14ClN3O3. The SMILES string of the molecule is COCc1ccccc1CNc1nc(Cl)ccc1[N+](=O)[O-]. The topological polar surface area (TPSA) is 77.3 Å². The number of rotatable bonds is 6. The Kier molecular flexibility index (Phi) is 5.08. The van der Waals surface area contributed by atoms with Crippen LogP contribution in [-0.4, -0.2) is 17.0 Å². The number of anilines is 1. The maximum Gasteiger partial charge on any atom is 0.311 e. The fraction of sp³-hybridized carbons (Fsp3) is 0.214. The van der Waals surface area contributed by atoms with Gasteiger partial charge >= 0.3 is 5.69 Å². The third-order valence-electron chi connectivity index (χ3n) is 2.90. The monoisotopic (exact) mass is 307 g/mol. The van der Waals surface area contributed by atoms with Gasteiger partial charge in [-0.3, -0.25) is 10.1 Å². The van der Waals surface area contributed by atoms with Gasteiger partial charge in [0, 0.05) is 19.7 Å². The Bertz CT molecular complexity index is 649. The van der Waals surface area contributed by atoms with Gasteiger partial charge in [-0.15, -0.1) is 0 Å². The summed E-state index contributed by atoms with van der Waals surface area (Å²) < 4.78 is 5.13. The minimum Gasteiger partial charge on any atom is -0.380 e. The summed E-state index contributed by atoms with van der Waals surface area (Å²) in [6.07, 6.45) is 0. The second-order valence-corrected chi connectivity index (χ2v) is 4.70. The van der Waals surface area contributed by atoms with E-state index in [0.29, 0.717) is 13.2 Å². The first-order valence-corrected chi connectivity index (χ1v) is 6.60. The fourth-order valence-electron chi connectivity index (χ4n) is 1.91. The zero-order valence-electron chi connectivity index (χ0n) is 11.4. The molecule has 1 aromatic carbocycles. The maximum atomic E-state index is 11.0. The van der Waals surface area contributed by atoms with E-state index >= 15 is 0 Å². The summed E-state index contributed by atoms with van der Waals surface area (Å²) in [6.45, 7) is 0.872. The van der Waals surface area contributed by atoms with Crippen LogP contribution in [-0.2, 0) is 17.9 Å². The predicted molar refractivity (Wildman–Crippen MR) is 80.4 cm³/mol. The van der Waals surface area contributed by atoms with E-state index in [0.717, 1.165) is 11.1 Å². The number of nitrogens with zero attached hydrogens (tertiary/aromatic N) is 2. The molecule has 0 aliphatic heterocycles. The molecule has 110 valence electrons. The largest absolute Gasteiger partial charge is 0.380 e. The van der Waals surface area contributed by atoms with Crippen LogP contribution in [0.4, 0.5) is 11.5 Å². The summed E-state index contributed by atoms with van der Waals surface area (Å²) in [6, 6.07) is 10.4. The number of benzene rings is 1. The third-order valence-corrected chi connectivity index (χ3v) is 3.11. The molecule has 0 fully saturated rings. The Morgan fingerprint density at radius 1 is 1.29 bits per heavy atom. The van der Waals surface area contributed by atoms with Crippen LogP contribution < -0.4 is 5.32 Å². The van der Waals surface area contributed by atoms with Gasteiger partial charge in [-0.05, 0) is 17.2 Å². The molecule has 2 aromatic rings. The smallest absolute Gasteiger partial charge is 0.311 e. The zero-order chi connectivity index (χ0) is 15.2. The van der Waals surface area contributed by atoms with E-state index in [1.54, 1.807) is 7.11 Å². The molecule has 0 amide bonds. The molecule has 1 heterocycles. The van der Waals surface area contributed by atoms with Crippen LogP contribution in [0.1, 0.15) is 11.1 Å². The van der Waals surface area contributed by atoms with Gasteiger partial charge in [0.25, 0.3) is 0 Å². The second-order valence-electron chi connectivity index (χ2n) is 4.31. The standard InChI is InChI=1S/C14H14ClN3O3/c1-21-9-11-5-3-2-4-10(11)8-16-14-12(18(19)20)6-7-13(15)17-14/h2-7H,8-9H2,1H3,(H,16,17). The van der Waals surface area contributed by atoms with Gasteiger partial charge in [-0.25, -0.2) is 4.98 Å². The van der Waals surface area contributed by atoms with Gasteiger partial charge in [-0.2, -0.15) is 0 Å². The van der Waals surface area contributed by atoms with Crippen LogP contribution in [0.5, 0.6) is 0 Å². The predicted octanol–water partition coefficient (Wildman–Crippen LogP) is 3.40. The van der Waals surface area contributed by atoms with E-state index in [1.807, 2.05) is 24.3 Å². The van der Waals surface area contributed by atoms with Crippen molar-refractivity contribution in [3.63, 3.8) is 0 Å². The molecule has 2 rings (SSSR count). The average molecular weight is 308 g/mol. The molecular weight excluding hydrogens is 294 g/mol. The van der Waals surface area contributed by atoms with Gasteiger partial charge in [0.15, 0.2) is 0 Å². The van der Waals surface area contributed by atoms with Crippen molar-refractivity contribution in [3.8, 4) is 0 Å². The van der Waals surface area contributed by atoms with Crippen LogP contribution in [0.3, 0.4) is 0 Å². The normalized spacial score (nSPS) is 10.4. The first-order chi connectivity index (χ1) is 10.1. The summed E-state index contributed by atoms with van der Waals surface area (Å²) in [7, 11) is 1.62. The molecule has 0 aliphatic carbocycles. The Labute approximate surface area is 126 Å². The fourth-order valence-corrected chi connectivity index (χ4v) is 2.06. The Morgan fingerprint density at radius 2 is 2.00 bits per heavy atom. The Balaban J connectivity index is 2.20. The van der Waals surface area contributed by atoms with E-state index in [2.05, 4.69) is 10.3 Å². The highest BCUT2D eigenvalue weighted by molar-refractivity contribution is 6.29. The summed E-state index contributed by atoms with van der Waals surface area (Å²) in [5.74, 6) is 0.153. The molecule has 0 saturated heterocycles. The molecule has 6 nitrogen and oxygen atoms in total. The minimum atomic E-state index is -0.493. The number of ether oxygens (including phenoxy) is 1. The molecule has 0 bridgehead atoms. The minimum absolute atomic E-state index is 0.108. The van der Waals surface area contributed by atoms with Crippen molar-refractivity contribution in [2.45, 2.75) is 13.2 Å². The summed E-state index contributed by atoms with van der Waals surface area (Å²) >= 11 is 5.79. The lowest BCUT2D eigenvalue weighted by molar-refractivity contribution is -0.384. The van der Waals surface area contributed by atoms with Gasteiger partial charge in [0.2, 0.25) is 5.82 Å². The molecule has 0 spiro atoms. The van der Waals surface area contributed by atoms with E-state index in [1.165, 1.54) is 12.1 Å². The van der Waals surface area contributed by atoms with Gasteiger partial charge in [0.05, 0.1) is 11.5 Å². The highest BCUT2D eigenvalue weighted by Crippen LogP contribution is 2.24. The number of nitro groups is 1. The molecule has 0 atom stereocenters. The average Bonchev–Trinajstić information content (AvgIpc) is 2.46. The van der Waals surface area contributed by atoms with E-state index in [9.17, 15) is 10.1 Å². The number of pyridine rings is 1. The van der Waals surface area contributed by atoms with Crippen molar-refractivity contribution >= 4 is 23.1 Å². The molecule has 7 heteroatoms. The molecule has 0 saturated carbocycles. The van der Waals surface area contributed by atoms with Gasteiger partial charge < -0.3 is 10.1 Å². The van der Waals surface area contributed by atoms with Crippen molar-refractivity contribution in [1.29, 1.82) is 0 Å². The number of nitrogens with one attached hydrogen (secondary N) is 1. The molecule has 1 N–H and O–H groups in total. The molecule has 0 radical (unpaired) electrons. The lowest BCUT2D eigenvalue weighted by Crippen LogP contribution is -2.07. The van der Waals surface area contributed by atoms with Crippen molar-refractivity contribution in [2.75, 3.05) is 12.4 Å². The lowest BCUT2D eigenvalue weighted by atomic mass is 10.1. The van der Waals surface area contributed by atoms with E-state index in [-0.39, 0.29) is 16.7 Å². The first kappa shape index (κ1) is 15.2. The summed E-state index contributed by atoms with van der Waals surface area (Å²) in [5, 5.41) is 14.1. The van der Waals surface area contributed by atoms with E-state index in [4.69, 9.17) is 16.3 Å². The zero-order valence-corrected chi connectivity index (χ0v) is 12.1. The number of methoxy groups -OCH3 is 1. The number of halogens is 1. The summed E-state index contributed by atoms with van der Waals surface area (Å²) in [4.78, 5) is 14.4. The summed E-state index contributed by atoms with van der Waals surface area (Å²) in [5.41, 5.74) is 1.89. The second kappa shape index (κ2) is 7.01. The Morgan fingerprint density at radius 3 is 2.67 bits per heavy atom. The van der Waals surface area contributed by atoms with Crippen molar-refractivity contribution in [2.24, 2.45) is 0 Å². The highest BCUT2D eigenvalue weighted by atomic mass is 35.5. The third kappa shape index (κ3) is 3.90. The first-order valence-electron chi connectivity index (χ1n) is 6.22. The maximum absolute atomic E-state index is 11.0. The molecule has 1 aromatic heterocycles. The number of hydrogen-bond donors (Lipinski definition) is 1. The van der Waals surface area contributed by atoms with Crippen LogP contribution >= 0.6 is 11.6 Å². The van der Waals surface area contributed by atoms with E-state index < -0.39 is 4.92 Å². The van der Waals surface area contributed by atoms with Crippen molar-refractivity contribution < 1.29 is 9.66 Å². The van der Waals surface area contributed by atoms with Crippen molar-refractivity contribution in [3.05, 3.63) is 62.8 Å². The van der Waals surface area contributed by atoms with Crippen LogP contribution in [0.15, 0.2) is 36.4 Å². The number of hydrogen-bond acceptors (Lipinski definition) is 5. The lowest BCUT2D eigenvalue weighted by Gasteiger charge is -2.10. The van der Waals surface area contributed by atoms with Crippen LogP contribution in [0.2, 0.25) is 5.15 Å². The quantitative estimate of drug-likeness (QED) is 0.503. The van der Waals surface area contributed by atoms with Crippen LogP contribution in [0.25, 0.3) is 0 Å². The molecule has 0 unspecified atom stereocenters. The molecule has 21 heavy (non-hydrogen) atoms. The Hall–Kier alpha value is -2.18.